The molecule has 0 aliphatic heterocycles. The molecule has 0 saturated heterocycles. The number of carbonyl (C=O) groups is 1. The van der Waals surface area contributed by atoms with Crippen LogP contribution in [0.4, 0.5) is 5.13 Å². The normalized spacial score (nSPS) is 15.0. The van der Waals surface area contributed by atoms with Gasteiger partial charge in [0.1, 0.15) is 4.83 Å². The van der Waals surface area contributed by atoms with E-state index in [2.05, 4.69) is 20.3 Å². The zero-order chi connectivity index (χ0) is 18.3. The second-order valence-corrected chi connectivity index (χ2v) is 9.58. The predicted molar refractivity (Wildman–Crippen MR) is 108 cm³/mol. The lowest BCUT2D eigenvalue weighted by atomic mass is 9.97. The summed E-state index contributed by atoms with van der Waals surface area (Å²) in [7, 11) is 0. The van der Waals surface area contributed by atoms with Gasteiger partial charge in [0.05, 0.1) is 16.3 Å². The molecule has 1 aliphatic carbocycles. The van der Waals surface area contributed by atoms with Crippen molar-refractivity contribution in [3.05, 3.63) is 31.9 Å². The van der Waals surface area contributed by atoms with E-state index in [0.29, 0.717) is 10.3 Å². The number of thiazole rings is 1. The van der Waals surface area contributed by atoms with Crippen molar-refractivity contribution >= 4 is 55.7 Å². The molecular formula is C17H18N4O2S3. The lowest BCUT2D eigenvalue weighted by Gasteiger charge is -2.10. The summed E-state index contributed by atoms with van der Waals surface area (Å²) in [6.07, 6.45) is 4.29. The molecule has 0 saturated carbocycles. The number of thiophene rings is 1. The van der Waals surface area contributed by atoms with Crippen molar-refractivity contribution in [3.63, 3.8) is 0 Å². The number of rotatable bonds is 4. The average molecular weight is 407 g/mol. The van der Waals surface area contributed by atoms with Crippen LogP contribution in [0.5, 0.6) is 0 Å². The molecule has 26 heavy (non-hydrogen) atoms. The van der Waals surface area contributed by atoms with Crippen LogP contribution in [0.15, 0.2) is 15.3 Å². The van der Waals surface area contributed by atoms with Crippen LogP contribution in [0, 0.1) is 6.92 Å². The van der Waals surface area contributed by atoms with Crippen LogP contribution < -0.4 is 10.9 Å². The molecule has 0 radical (unpaired) electrons. The van der Waals surface area contributed by atoms with Crippen molar-refractivity contribution in [1.29, 1.82) is 0 Å². The number of aromatic amines is 1. The molecule has 9 heteroatoms. The van der Waals surface area contributed by atoms with Crippen LogP contribution in [0.25, 0.3) is 10.2 Å². The quantitative estimate of drug-likeness (QED) is 0.509. The van der Waals surface area contributed by atoms with Gasteiger partial charge in [0.25, 0.3) is 5.56 Å². The summed E-state index contributed by atoms with van der Waals surface area (Å²) in [4.78, 5) is 38.7. The van der Waals surface area contributed by atoms with E-state index in [1.165, 1.54) is 40.0 Å². The second kappa shape index (κ2) is 7.13. The number of fused-ring (bicyclic) bond motifs is 3. The molecule has 3 heterocycles. The number of aromatic nitrogens is 3. The summed E-state index contributed by atoms with van der Waals surface area (Å²) in [6.45, 7) is 3.68. The Bertz CT molecular complexity index is 1040. The molecule has 0 aromatic carbocycles. The number of anilines is 1. The Kier molecular flexibility index (Phi) is 4.85. The molecule has 0 spiro atoms. The highest BCUT2D eigenvalue weighted by molar-refractivity contribution is 8.00. The molecule has 0 fully saturated rings. The van der Waals surface area contributed by atoms with E-state index in [-0.39, 0.29) is 11.5 Å². The Balaban J connectivity index is 1.55. The zero-order valence-corrected chi connectivity index (χ0v) is 16.9. The predicted octanol–water partition coefficient (Wildman–Crippen LogP) is 3.75. The molecule has 6 nitrogen and oxygen atoms in total. The van der Waals surface area contributed by atoms with Crippen molar-refractivity contribution < 1.29 is 4.79 Å². The summed E-state index contributed by atoms with van der Waals surface area (Å²) in [5.74, 6) is -0.155. The molecule has 1 atom stereocenters. The summed E-state index contributed by atoms with van der Waals surface area (Å²) in [5, 5.41) is 6.11. The highest BCUT2D eigenvalue weighted by Gasteiger charge is 2.22. The maximum absolute atomic E-state index is 12.6. The SMILES string of the molecule is Cc1csc(NC(=O)[C@H](C)Sc2nc3sc4c(c3c(=O)[nH]2)CCCC4)n1. The van der Waals surface area contributed by atoms with Crippen LogP contribution in [0.3, 0.4) is 0 Å². The first-order valence-corrected chi connectivity index (χ1v) is 11.0. The Hall–Kier alpha value is -1.71. The lowest BCUT2D eigenvalue weighted by Crippen LogP contribution is -2.23. The number of carbonyl (C=O) groups excluding carboxylic acids is 1. The summed E-state index contributed by atoms with van der Waals surface area (Å²) in [5.41, 5.74) is 1.95. The molecule has 2 N–H and O–H groups in total. The third-order valence-corrected chi connectivity index (χ3v) is 7.36. The second-order valence-electron chi connectivity index (χ2n) is 6.31. The van der Waals surface area contributed by atoms with Crippen molar-refractivity contribution in [2.75, 3.05) is 5.32 Å². The molecule has 1 aliphatic rings. The van der Waals surface area contributed by atoms with Gasteiger partial charge < -0.3 is 10.3 Å². The summed E-state index contributed by atoms with van der Waals surface area (Å²) >= 11 is 4.27. The zero-order valence-electron chi connectivity index (χ0n) is 14.4. The van der Waals surface area contributed by atoms with E-state index in [9.17, 15) is 9.59 Å². The maximum Gasteiger partial charge on any atom is 0.260 e. The van der Waals surface area contributed by atoms with Crippen LogP contribution in [-0.4, -0.2) is 26.1 Å². The number of hydrogen-bond donors (Lipinski definition) is 2. The van der Waals surface area contributed by atoms with Crippen LogP contribution in [0.2, 0.25) is 0 Å². The number of H-pyrrole nitrogens is 1. The maximum atomic E-state index is 12.6. The Morgan fingerprint density at radius 2 is 2.15 bits per heavy atom. The number of nitrogens with one attached hydrogen (secondary N) is 2. The van der Waals surface area contributed by atoms with Crippen molar-refractivity contribution in [2.24, 2.45) is 0 Å². The Morgan fingerprint density at radius 1 is 1.35 bits per heavy atom. The van der Waals surface area contributed by atoms with Crippen molar-refractivity contribution in [1.82, 2.24) is 15.0 Å². The first-order valence-electron chi connectivity index (χ1n) is 8.45. The summed E-state index contributed by atoms with van der Waals surface area (Å²) < 4.78 is 0. The molecule has 1 amide bonds. The molecule has 0 unspecified atom stereocenters. The van der Waals surface area contributed by atoms with E-state index in [0.717, 1.165) is 35.2 Å². The van der Waals surface area contributed by atoms with Gasteiger partial charge in [0.2, 0.25) is 5.91 Å². The summed E-state index contributed by atoms with van der Waals surface area (Å²) in [6, 6.07) is 0. The minimum absolute atomic E-state index is 0.0972. The van der Waals surface area contributed by atoms with E-state index in [1.807, 2.05) is 12.3 Å². The number of amides is 1. The minimum atomic E-state index is -0.394. The van der Waals surface area contributed by atoms with Crippen molar-refractivity contribution in [2.45, 2.75) is 49.9 Å². The van der Waals surface area contributed by atoms with Crippen LogP contribution in [-0.2, 0) is 17.6 Å². The standard InChI is InChI=1S/C17H18N4O2S3/c1-8-7-24-16(18-8)19-13(22)9(2)25-17-20-14(23)12-10-5-3-4-6-11(10)26-15(12)21-17/h7,9H,3-6H2,1-2H3,(H,18,19,22)(H,20,21,23)/t9-/m0/s1. The molecule has 3 aromatic heterocycles. The van der Waals surface area contributed by atoms with Crippen LogP contribution in [0.1, 0.15) is 35.9 Å². The first kappa shape index (κ1) is 17.7. The Morgan fingerprint density at radius 3 is 2.92 bits per heavy atom. The van der Waals surface area contributed by atoms with Gasteiger partial charge in [-0.1, -0.05) is 11.8 Å². The highest BCUT2D eigenvalue weighted by Crippen LogP contribution is 2.34. The topological polar surface area (TPSA) is 87.7 Å². The van der Waals surface area contributed by atoms with Gasteiger partial charge in [-0.05, 0) is 45.1 Å². The monoisotopic (exact) mass is 406 g/mol. The smallest absolute Gasteiger partial charge is 0.260 e. The number of aryl methyl sites for hydroxylation is 3. The third-order valence-electron chi connectivity index (χ3n) is 4.31. The van der Waals surface area contributed by atoms with Gasteiger partial charge in [-0.25, -0.2) is 9.97 Å². The van der Waals surface area contributed by atoms with Gasteiger partial charge in [-0.3, -0.25) is 9.59 Å². The molecule has 4 rings (SSSR count). The van der Waals surface area contributed by atoms with Gasteiger partial charge in [0.15, 0.2) is 10.3 Å². The molecular weight excluding hydrogens is 388 g/mol. The largest absolute Gasteiger partial charge is 0.301 e. The average Bonchev–Trinajstić information content (AvgIpc) is 3.17. The fourth-order valence-corrected chi connectivity index (χ4v) is 5.85. The van der Waals surface area contributed by atoms with E-state index >= 15 is 0 Å². The molecule has 3 aromatic rings. The Labute approximate surface area is 162 Å². The number of hydrogen-bond acceptors (Lipinski definition) is 7. The van der Waals surface area contributed by atoms with Crippen molar-refractivity contribution in [3.8, 4) is 0 Å². The van der Waals surface area contributed by atoms with Gasteiger partial charge in [0, 0.05) is 10.3 Å². The minimum Gasteiger partial charge on any atom is -0.301 e. The fourth-order valence-electron chi connectivity index (χ4n) is 3.04. The van der Waals surface area contributed by atoms with E-state index in [4.69, 9.17) is 0 Å². The molecule has 0 bridgehead atoms. The fraction of sp³-hybridized carbons (Fsp3) is 0.412. The van der Waals surface area contributed by atoms with Gasteiger partial charge in [-0.15, -0.1) is 22.7 Å². The number of thioether (sulfide) groups is 1. The third kappa shape index (κ3) is 3.43. The van der Waals surface area contributed by atoms with Gasteiger partial charge >= 0.3 is 0 Å². The number of nitrogens with zero attached hydrogens (tertiary/aromatic N) is 2. The highest BCUT2D eigenvalue weighted by atomic mass is 32.2. The first-order chi connectivity index (χ1) is 12.5. The van der Waals surface area contributed by atoms with E-state index < -0.39 is 5.25 Å². The lowest BCUT2D eigenvalue weighted by molar-refractivity contribution is -0.115. The van der Waals surface area contributed by atoms with Gasteiger partial charge in [-0.2, -0.15) is 0 Å². The van der Waals surface area contributed by atoms with E-state index in [1.54, 1.807) is 18.3 Å². The molecule has 136 valence electrons. The van der Waals surface area contributed by atoms with Crippen LogP contribution >= 0.6 is 34.4 Å².